The molecule has 148 valence electrons. The fraction of sp³-hybridized carbons (Fsp3) is 0.333. The summed E-state index contributed by atoms with van der Waals surface area (Å²) >= 11 is 1.62. The molecule has 0 saturated carbocycles. The molecule has 0 atom stereocenters. The van der Waals surface area contributed by atoms with Gasteiger partial charge in [-0.2, -0.15) is 0 Å². The highest BCUT2D eigenvalue weighted by molar-refractivity contribution is 7.99. The van der Waals surface area contributed by atoms with Gasteiger partial charge >= 0.3 is 0 Å². The van der Waals surface area contributed by atoms with Crippen LogP contribution in [0.5, 0.6) is 5.75 Å². The molecule has 1 heterocycles. The molecule has 6 nitrogen and oxygen atoms in total. The maximum absolute atomic E-state index is 12.5. The molecule has 3 rings (SSSR count). The summed E-state index contributed by atoms with van der Waals surface area (Å²) in [5.41, 5.74) is 7.39. The van der Waals surface area contributed by atoms with Gasteiger partial charge in [-0.15, -0.1) is 11.8 Å². The van der Waals surface area contributed by atoms with Crippen molar-refractivity contribution < 1.29 is 14.3 Å². The quantitative estimate of drug-likeness (QED) is 0.664. The monoisotopic (exact) mass is 399 g/mol. The molecule has 3 N–H and O–H groups in total. The van der Waals surface area contributed by atoms with Crippen LogP contribution in [-0.4, -0.2) is 37.8 Å². The Morgan fingerprint density at radius 3 is 2.50 bits per heavy atom. The van der Waals surface area contributed by atoms with Crippen molar-refractivity contribution in [3.8, 4) is 5.75 Å². The van der Waals surface area contributed by atoms with Gasteiger partial charge in [-0.1, -0.05) is 0 Å². The smallest absolute Gasteiger partial charge is 0.248 e. The summed E-state index contributed by atoms with van der Waals surface area (Å²) in [6.07, 6.45) is 2.63. The molecular weight excluding hydrogens is 374 g/mol. The molecule has 1 fully saturated rings. The summed E-state index contributed by atoms with van der Waals surface area (Å²) in [6, 6.07) is 13.0. The van der Waals surface area contributed by atoms with Crippen molar-refractivity contribution >= 4 is 35.0 Å². The second kappa shape index (κ2) is 9.50. The van der Waals surface area contributed by atoms with E-state index in [-0.39, 0.29) is 5.91 Å². The highest BCUT2D eigenvalue weighted by Gasteiger charge is 2.18. The van der Waals surface area contributed by atoms with E-state index in [0.29, 0.717) is 23.4 Å². The summed E-state index contributed by atoms with van der Waals surface area (Å²) in [6.45, 7) is 1.90. The highest BCUT2D eigenvalue weighted by atomic mass is 32.2. The number of hydrogen-bond donors (Lipinski definition) is 2. The second-order valence-electron chi connectivity index (χ2n) is 6.61. The van der Waals surface area contributed by atoms with Crippen molar-refractivity contribution in [1.29, 1.82) is 0 Å². The van der Waals surface area contributed by atoms with Gasteiger partial charge in [0.2, 0.25) is 11.8 Å². The molecule has 0 spiro atoms. The molecule has 1 aliphatic heterocycles. The number of rotatable bonds is 8. The Bertz CT molecular complexity index is 833. The van der Waals surface area contributed by atoms with Crippen LogP contribution in [0.25, 0.3) is 0 Å². The van der Waals surface area contributed by atoms with Crippen LogP contribution in [0.4, 0.5) is 11.4 Å². The largest absolute Gasteiger partial charge is 0.497 e. The number of carbonyl (C=O) groups excluding carboxylic acids is 2. The van der Waals surface area contributed by atoms with Crippen LogP contribution in [0.3, 0.4) is 0 Å². The molecule has 2 aromatic rings. The summed E-state index contributed by atoms with van der Waals surface area (Å²) in [5, 5.41) is 2.97. The molecule has 0 unspecified atom stereocenters. The van der Waals surface area contributed by atoms with Crippen LogP contribution in [0, 0.1) is 0 Å². The number of methoxy groups -OCH3 is 1. The lowest BCUT2D eigenvalue weighted by Gasteiger charge is -2.22. The van der Waals surface area contributed by atoms with E-state index in [0.717, 1.165) is 42.3 Å². The van der Waals surface area contributed by atoms with Crippen LogP contribution >= 0.6 is 11.8 Å². The lowest BCUT2D eigenvalue weighted by Crippen LogP contribution is -2.22. The molecule has 0 bridgehead atoms. The molecule has 0 radical (unpaired) electrons. The number of benzene rings is 2. The third kappa shape index (κ3) is 5.19. The maximum Gasteiger partial charge on any atom is 0.248 e. The van der Waals surface area contributed by atoms with E-state index in [1.807, 2.05) is 30.3 Å². The zero-order valence-corrected chi connectivity index (χ0v) is 16.8. The van der Waals surface area contributed by atoms with Gasteiger partial charge in [0.05, 0.1) is 18.5 Å². The first-order valence-electron chi connectivity index (χ1n) is 9.32. The molecule has 0 aromatic heterocycles. The van der Waals surface area contributed by atoms with Crippen molar-refractivity contribution in [2.75, 3.05) is 36.2 Å². The fourth-order valence-corrected chi connectivity index (χ4v) is 4.02. The normalized spacial score (nSPS) is 13.4. The summed E-state index contributed by atoms with van der Waals surface area (Å²) in [5.74, 6) is 0.889. The molecule has 28 heavy (non-hydrogen) atoms. The fourth-order valence-electron chi connectivity index (χ4n) is 3.17. The number of carbonyl (C=O) groups is 2. The number of primary amides is 1. The molecule has 1 aliphatic rings. The second-order valence-corrected chi connectivity index (χ2v) is 7.78. The SMILES string of the molecule is COc1ccc(SCCC(=O)Nc2cc(C(N)=O)ccc2N2CCCC2)cc1. The van der Waals surface area contributed by atoms with E-state index in [1.54, 1.807) is 31.0 Å². The third-order valence-electron chi connectivity index (χ3n) is 4.66. The van der Waals surface area contributed by atoms with Crippen LogP contribution in [0.15, 0.2) is 47.4 Å². The van der Waals surface area contributed by atoms with Gasteiger partial charge in [0.1, 0.15) is 5.75 Å². The number of nitrogens with one attached hydrogen (secondary N) is 1. The Kier molecular flexibility index (Phi) is 6.81. The van der Waals surface area contributed by atoms with Gasteiger partial charge in [0.15, 0.2) is 0 Å². The van der Waals surface area contributed by atoms with Crippen molar-refractivity contribution in [3.05, 3.63) is 48.0 Å². The zero-order valence-electron chi connectivity index (χ0n) is 15.9. The minimum atomic E-state index is -0.501. The number of thioether (sulfide) groups is 1. The standard InChI is InChI=1S/C21H25N3O3S/c1-27-16-5-7-17(8-6-16)28-13-10-20(25)23-18-14-15(21(22)26)4-9-19(18)24-11-2-3-12-24/h4-9,14H,2-3,10-13H2,1H3,(H2,22,26)(H,23,25). The van der Waals surface area contributed by atoms with E-state index >= 15 is 0 Å². The molecule has 7 heteroatoms. The first kappa shape index (κ1) is 20.1. The average molecular weight is 400 g/mol. The molecular formula is C21H25N3O3S. The number of anilines is 2. The number of nitrogens with zero attached hydrogens (tertiary/aromatic N) is 1. The Labute approximate surface area is 169 Å². The van der Waals surface area contributed by atoms with Gasteiger partial charge in [-0.3, -0.25) is 9.59 Å². The number of nitrogens with two attached hydrogens (primary N) is 1. The zero-order chi connectivity index (χ0) is 19.9. The minimum Gasteiger partial charge on any atom is -0.497 e. The molecule has 2 amide bonds. The van der Waals surface area contributed by atoms with Crippen molar-refractivity contribution in [2.45, 2.75) is 24.2 Å². The van der Waals surface area contributed by atoms with Crippen molar-refractivity contribution in [3.63, 3.8) is 0 Å². The lowest BCUT2D eigenvalue weighted by molar-refractivity contribution is -0.115. The third-order valence-corrected chi connectivity index (χ3v) is 5.67. The van der Waals surface area contributed by atoms with Gasteiger partial charge in [-0.05, 0) is 55.3 Å². The minimum absolute atomic E-state index is 0.0805. The summed E-state index contributed by atoms with van der Waals surface area (Å²) in [4.78, 5) is 27.3. The first-order valence-corrected chi connectivity index (χ1v) is 10.3. The van der Waals surface area contributed by atoms with Crippen molar-refractivity contribution in [1.82, 2.24) is 0 Å². The number of ether oxygens (including phenoxy) is 1. The maximum atomic E-state index is 12.5. The van der Waals surface area contributed by atoms with Crippen LogP contribution < -0.4 is 20.7 Å². The van der Waals surface area contributed by atoms with Crippen LogP contribution in [-0.2, 0) is 4.79 Å². The lowest BCUT2D eigenvalue weighted by atomic mass is 10.1. The van der Waals surface area contributed by atoms with E-state index in [4.69, 9.17) is 10.5 Å². The van der Waals surface area contributed by atoms with E-state index in [9.17, 15) is 9.59 Å². The number of amides is 2. The Morgan fingerprint density at radius 2 is 1.86 bits per heavy atom. The Morgan fingerprint density at radius 1 is 1.14 bits per heavy atom. The Balaban J connectivity index is 1.61. The Hall–Kier alpha value is -2.67. The molecule has 2 aromatic carbocycles. The van der Waals surface area contributed by atoms with Crippen LogP contribution in [0.1, 0.15) is 29.6 Å². The van der Waals surface area contributed by atoms with E-state index < -0.39 is 5.91 Å². The van der Waals surface area contributed by atoms with Gasteiger partial charge in [0.25, 0.3) is 0 Å². The predicted octanol–water partition coefficient (Wildman–Crippen LogP) is 3.52. The summed E-state index contributed by atoms with van der Waals surface area (Å²) in [7, 11) is 1.64. The number of hydrogen-bond acceptors (Lipinski definition) is 5. The van der Waals surface area contributed by atoms with Gasteiger partial charge < -0.3 is 20.7 Å². The predicted molar refractivity (Wildman–Crippen MR) is 113 cm³/mol. The molecule has 1 saturated heterocycles. The topological polar surface area (TPSA) is 84.7 Å². The van der Waals surface area contributed by atoms with E-state index in [2.05, 4.69) is 10.2 Å². The molecule has 0 aliphatic carbocycles. The first-order chi connectivity index (χ1) is 13.6. The van der Waals surface area contributed by atoms with Gasteiger partial charge in [-0.25, -0.2) is 0 Å². The van der Waals surface area contributed by atoms with Crippen molar-refractivity contribution in [2.24, 2.45) is 5.73 Å². The summed E-state index contributed by atoms with van der Waals surface area (Å²) < 4.78 is 5.15. The van der Waals surface area contributed by atoms with Gasteiger partial charge in [0, 0.05) is 35.7 Å². The van der Waals surface area contributed by atoms with Crippen LogP contribution in [0.2, 0.25) is 0 Å². The van der Waals surface area contributed by atoms with E-state index in [1.165, 1.54) is 0 Å². The average Bonchev–Trinajstić information content (AvgIpc) is 3.23. The highest BCUT2D eigenvalue weighted by Crippen LogP contribution is 2.30.